The molecule has 0 bridgehead atoms. The smallest absolute Gasteiger partial charge is 0.359 e. The molecule has 0 radical (unpaired) electrons. The molecule has 3 rings (SSSR count). The Hall–Kier alpha value is -2.64. The van der Waals surface area contributed by atoms with Crippen molar-refractivity contribution in [3.05, 3.63) is 64.0 Å². The number of hydrogen-bond acceptors (Lipinski definition) is 4. The van der Waals surface area contributed by atoms with Crippen LogP contribution in [0.2, 0.25) is 0 Å². The predicted molar refractivity (Wildman–Crippen MR) is 81.7 cm³/mol. The third-order valence-corrected chi connectivity index (χ3v) is 4.13. The Kier molecular flexibility index (Phi) is 4.13. The van der Waals surface area contributed by atoms with E-state index in [0.29, 0.717) is 12.6 Å². The topological polar surface area (TPSA) is 59.3 Å². The lowest BCUT2D eigenvalue weighted by molar-refractivity contribution is -0.384. The average Bonchev–Trinajstić information content (AvgIpc) is 3.03. The maximum Gasteiger partial charge on any atom is 0.416 e. The van der Waals surface area contributed by atoms with Crippen LogP contribution in [-0.2, 0) is 6.18 Å². The molecule has 0 spiro atoms. The second-order valence-corrected chi connectivity index (χ2v) is 5.60. The molecule has 1 saturated heterocycles. The summed E-state index contributed by atoms with van der Waals surface area (Å²) in [5.74, 6) is 0. The summed E-state index contributed by atoms with van der Waals surface area (Å²) >= 11 is 0. The maximum absolute atomic E-state index is 12.8. The van der Waals surface area contributed by atoms with E-state index < -0.39 is 22.4 Å². The number of benzene rings is 1. The average molecular weight is 337 g/mol. The van der Waals surface area contributed by atoms with Crippen molar-refractivity contribution in [3.63, 3.8) is 0 Å². The van der Waals surface area contributed by atoms with Crippen LogP contribution >= 0.6 is 0 Å². The van der Waals surface area contributed by atoms with Crippen LogP contribution in [-0.4, -0.2) is 16.5 Å². The fraction of sp³-hybridized carbons (Fsp3) is 0.312. The van der Waals surface area contributed by atoms with E-state index in [0.717, 1.165) is 24.5 Å². The van der Waals surface area contributed by atoms with Gasteiger partial charge < -0.3 is 4.90 Å². The van der Waals surface area contributed by atoms with Gasteiger partial charge in [-0.3, -0.25) is 15.1 Å². The minimum Gasteiger partial charge on any atom is -0.359 e. The molecule has 0 aliphatic carbocycles. The van der Waals surface area contributed by atoms with E-state index in [9.17, 15) is 23.3 Å². The number of nitrogens with zero attached hydrogens (tertiary/aromatic N) is 3. The van der Waals surface area contributed by atoms with Crippen molar-refractivity contribution in [3.8, 4) is 0 Å². The first kappa shape index (κ1) is 16.2. The van der Waals surface area contributed by atoms with Crippen molar-refractivity contribution < 1.29 is 18.1 Å². The first-order valence-electron chi connectivity index (χ1n) is 7.40. The number of anilines is 1. The van der Waals surface area contributed by atoms with E-state index in [1.54, 1.807) is 23.4 Å². The zero-order valence-corrected chi connectivity index (χ0v) is 12.5. The minimum absolute atomic E-state index is 0.130. The monoisotopic (exact) mass is 337 g/mol. The van der Waals surface area contributed by atoms with Gasteiger partial charge in [-0.2, -0.15) is 13.2 Å². The number of aromatic nitrogens is 1. The molecular formula is C16H14F3N3O2. The first-order valence-corrected chi connectivity index (χ1v) is 7.40. The van der Waals surface area contributed by atoms with E-state index in [1.165, 1.54) is 6.07 Å². The van der Waals surface area contributed by atoms with Crippen LogP contribution in [0.5, 0.6) is 0 Å². The third-order valence-electron chi connectivity index (χ3n) is 4.13. The lowest BCUT2D eigenvalue weighted by Gasteiger charge is -2.27. The van der Waals surface area contributed by atoms with E-state index in [2.05, 4.69) is 4.98 Å². The number of halogens is 3. The van der Waals surface area contributed by atoms with Crippen LogP contribution in [0.15, 0.2) is 42.7 Å². The van der Waals surface area contributed by atoms with Gasteiger partial charge in [-0.05, 0) is 36.6 Å². The van der Waals surface area contributed by atoms with Gasteiger partial charge in [0.1, 0.15) is 5.69 Å². The second kappa shape index (κ2) is 6.10. The van der Waals surface area contributed by atoms with Crippen molar-refractivity contribution in [1.82, 2.24) is 4.98 Å². The Balaban J connectivity index is 2.03. The van der Waals surface area contributed by atoms with Gasteiger partial charge >= 0.3 is 6.18 Å². The molecule has 24 heavy (non-hydrogen) atoms. The van der Waals surface area contributed by atoms with Gasteiger partial charge in [0.05, 0.1) is 16.5 Å². The van der Waals surface area contributed by atoms with Crippen LogP contribution in [0.1, 0.15) is 30.0 Å². The number of hydrogen-bond donors (Lipinski definition) is 0. The van der Waals surface area contributed by atoms with Crippen LogP contribution in [0.3, 0.4) is 0 Å². The molecule has 0 saturated carbocycles. The van der Waals surface area contributed by atoms with Gasteiger partial charge in [0.25, 0.3) is 5.69 Å². The predicted octanol–water partition coefficient (Wildman–Crippen LogP) is 4.35. The summed E-state index contributed by atoms with van der Waals surface area (Å²) in [6, 6.07) is 6.19. The molecular weight excluding hydrogens is 323 g/mol. The minimum atomic E-state index is -4.61. The lowest BCUT2D eigenvalue weighted by Crippen LogP contribution is -2.23. The molecule has 0 N–H and O–H groups in total. The van der Waals surface area contributed by atoms with Gasteiger partial charge in [-0.25, -0.2) is 0 Å². The van der Waals surface area contributed by atoms with Gasteiger partial charge in [-0.15, -0.1) is 0 Å². The molecule has 8 heteroatoms. The van der Waals surface area contributed by atoms with E-state index in [4.69, 9.17) is 0 Å². The number of alkyl halides is 3. The van der Waals surface area contributed by atoms with Crippen LogP contribution < -0.4 is 4.90 Å². The summed E-state index contributed by atoms with van der Waals surface area (Å²) < 4.78 is 38.5. The zero-order valence-electron chi connectivity index (χ0n) is 12.5. The molecule has 2 heterocycles. The SMILES string of the molecule is O=[N+]([O-])c1cc(C(F)(F)F)ccc1N1CCC[C@@H]1c1cccnc1. The Labute approximate surface area is 135 Å². The maximum atomic E-state index is 12.8. The highest BCUT2D eigenvalue weighted by Crippen LogP contribution is 2.42. The number of rotatable bonds is 3. The first-order chi connectivity index (χ1) is 11.4. The number of nitro benzene ring substituents is 1. The quantitative estimate of drug-likeness (QED) is 0.617. The molecule has 1 aromatic carbocycles. The Morgan fingerprint density at radius 2 is 2.08 bits per heavy atom. The van der Waals surface area contributed by atoms with E-state index in [1.807, 2.05) is 6.07 Å². The summed E-state index contributed by atoms with van der Waals surface area (Å²) in [6.45, 7) is 0.547. The third kappa shape index (κ3) is 3.04. The van der Waals surface area contributed by atoms with Crippen LogP contribution in [0.4, 0.5) is 24.5 Å². The fourth-order valence-corrected chi connectivity index (χ4v) is 3.06. The molecule has 0 unspecified atom stereocenters. The molecule has 2 aromatic rings. The number of pyridine rings is 1. The van der Waals surface area contributed by atoms with Crippen molar-refractivity contribution in [1.29, 1.82) is 0 Å². The largest absolute Gasteiger partial charge is 0.416 e. The standard InChI is InChI=1S/C16H14F3N3O2/c17-16(18,19)12-5-6-14(15(9-12)22(23)24)21-8-2-4-13(21)11-3-1-7-20-10-11/h1,3,5-7,9-10,13H,2,4,8H2/t13-/m1/s1. The molecule has 1 atom stereocenters. The van der Waals surface area contributed by atoms with Gasteiger partial charge in [0, 0.05) is 25.0 Å². The molecule has 5 nitrogen and oxygen atoms in total. The van der Waals surface area contributed by atoms with Crippen molar-refractivity contribution in [2.24, 2.45) is 0 Å². The zero-order chi connectivity index (χ0) is 17.3. The summed E-state index contributed by atoms with van der Waals surface area (Å²) in [6.07, 6.45) is 0.265. The summed E-state index contributed by atoms with van der Waals surface area (Å²) in [5.41, 5.74) is -0.445. The summed E-state index contributed by atoms with van der Waals surface area (Å²) in [5, 5.41) is 11.3. The highest BCUT2D eigenvalue weighted by Gasteiger charge is 2.36. The van der Waals surface area contributed by atoms with E-state index in [-0.39, 0.29) is 11.7 Å². The van der Waals surface area contributed by atoms with Gasteiger partial charge in [-0.1, -0.05) is 6.07 Å². The lowest BCUT2D eigenvalue weighted by atomic mass is 10.1. The van der Waals surface area contributed by atoms with Crippen molar-refractivity contribution in [2.45, 2.75) is 25.1 Å². The summed E-state index contributed by atoms with van der Waals surface area (Å²) in [7, 11) is 0. The Morgan fingerprint density at radius 1 is 1.29 bits per heavy atom. The highest BCUT2D eigenvalue weighted by molar-refractivity contribution is 5.66. The fourth-order valence-electron chi connectivity index (χ4n) is 3.06. The molecule has 126 valence electrons. The number of nitro groups is 1. The van der Waals surface area contributed by atoms with E-state index >= 15 is 0 Å². The normalized spacial score (nSPS) is 18.0. The molecule has 1 aliphatic rings. The van der Waals surface area contributed by atoms with Crippen LogP contribution in [0.25, 0.3) is 0 Å². The Bertz CT molecular complexity index is 750. The molecule has 1 fully saturated rings. The second-order valence-electron chi connectivity index (χ2n) is 5.60. The molecule has 0 amide bonds. The van der Waals surface area contributed by atoms with Gasteiger partial charge in [0.2, 0.25) is 0 Å². The van der Waals surface area contributed by atoms with Crippen molar-refractivity contribution >= 4 is 11.4 Å². The highest BCUT2D eigenvalue weighted by atomic mass is 19.4. The van der Waals surface area contributed by atoms with Gasteiger partial charge in [0.15, 0.2) is 0 Å². The molecule has 1 aliphatic heterocycles. The van der Waals surface area contributed by atoms with Crippen molar-refractivity contribution in [2.75, 3.05) is 11.4 Å². The van der Waals surface area contributed by atoms with Crippen LogP contribution in [0, 0.1) is 10.1 Å². The summed E-state index contributed by atoms with van der Waals surface area (Å²) in [4.78, 5) is 16.4. The molecule has 1 aromatic heterocycles. The Morgan fingerprint density at radius 3 is 2.71 bits per heavy atom.